The maximum Gasteiger partial charge on any atom is 0.511 e. The summed E-state index contributed by atoms with van der Waals surface area (Å²) >= 11 is 4.78. The molecule has 0 bridgehead atoms. The lowest BCUT2D eigenvalue weighted by atomic mass is 9.75. The smallest absolute Gasteiger partial charge is 0.481 e. The number of thiazole rings is 1. The van der Waals surface area contributed by atoms with Crippen LogP contribution >= 0.6 is 34.9 Å². The van der Waals surface area contributed by atoms with Gasteiger partial charge in [0.25, 0.3) is 5.01 Å². The summed E-state index contributed by atoms with van der Waals surface area (Å²) in [6, 6.07) is 13.8. The number of para-hydroxylation sites is 1. The SMILES string of the molecule is CSc1ccc2c(c1)N(CCNC(=O)CCC(=O)O)C(=CC1=CC(=CC=Cc3sc4ccccc4[n+]3CCNS(=O)(=O)C(F)(F)F)CC(C)(C)C1)S2. The fourth-order valence-corrected chi connectivity index (χ4v) is 9.27. The molecule has 278 valence electrons. The second-order valence-corrected chi connectivity index (χ2v) is 17.8. The van der Waals surface area contributed by atoms with Gasteiger partial charge in [0.15, 0.2) is 6.54 Å². The summed E-state index contributed by atoms with van der Waals surface area (Å²) in [5.74, 6) is -1.31. The van der Waals surface area contributed by atoms with Gasteiger partial charge in [-0.2, -0.15) is 17.7 Å². The number of rotatable bonds is 14. The van der Waals surface area contributed by atoms with Crippen molar-refractivity contribution in [2.45, 2.75) is 61.4 Å². The normalized spacial score (nSPS) is 17.7. The van der Waals surface area contributed by atoms with Gasteiger partial charge >= 0.3 is 21.5 Å². The molecule has 52 heavy (non-hydrogen) atoms. The van der Waals surface area contributed by atoms with E-state index in [4.69, 9.17) is 5.11 Å². The molecule has 2 heterocycles. The number of thioether (sulfide) groups is 2. The van der Waals surface area contributed by atoms with Crippen LogP contribution in [0.5, 0.6) is 0 Å². The number of alkyl halides is 3. The van der Waals surface area contributed by atoms with Crippen LogP contribution < -0.4 is 19.5 Å². The molecule has 0 saturated heterocycles. The van der Waals surface area contributed by atoms with Gasteiger partial charge in [-0.1, -0.05) is 67.3 Å². The van der Waals surface area contributed by atoms with E-state index < -0.39 is 28.0 Å². The number of fused-ring (bicyclic) bond motifs is 2. The number of carbonyl (C=O) groups is 2. The first-order chi connectivity index (χ1) is 24.5. The Kier molecular flexibility index (Phi) is 12.7. The zero-order chi connectivity index (χ0) is 37.7. The zero-order valence-corrected chi connectivity index (χ0v) is 32.1. The maximum absolute atomic E-state index is 12.9. The van der Waals surface area contributed by atoms with E-state index in [0.717, 1.165) is 59.7 Å². The number of amides is 1. The number of hydrogen-bond donors (Lipinski definition) is 3. The first kappa shape index (κ1) is 39.6. The van der Waals surface area contributed by atoms with E-state index >= 15 is 0 Å². The van der Waals surface area contributed by atoms with Crippen molar-refractivity contribution in [2.75, 3.05) is 30.8 Å². The number of nitrogens with one attached hydrogen (secondary N) is 2. The quantitative estimate of drug-likeness (QED) is 0.114. The van der Waals surface area contributed by atoms with Gasteiger partial charge in [-0.25, -0.2) is 13.1 Å². The number of carbonyl (C=O) groups excluding carboxylic acids is 1. The molecule has 0 spiro atoms. The van der Waals surface area contributed by atoms with Crippen molar-refractivity contribution in [3.63, 3.8) is 0 Å². The lowest BCUT2D eigenvalue weighted by molar-refractivity contribution is -0.666. The Bertz CT molecular complexity index is 2070. The average Bonchev–Trinajstić information content (AvgIpc) is 3.59. The summed E-state index contributed by atoms with van der Waals surface area (Å²) in [5, 5.41) is 13.6. The first-order valence-corrected chi connectivity index (χ1v) is 20.8. The topological polar surface area (TPSA) is 120 Å². The third-order valence-corrected chi connectivity index (χ3v) is 12.5. The highest BCUT2D eigenvalue weighted by atomic mass is 32.2. The third-order valence-electron chi connectivity index (χ3n) is 8.32. The van der Waals surface area contributed by atoms with Gasteiger partial charge in [-0.05, 0) is 66.0 Å². The number of hydrogen-bond acceptors (Lipinski definition) is 8. The van der Waals surface area contributed by atoms with Crippen molar-refractivity contribution in [3.8, 4) is 0 Å². The number of carboxylic acids is 1. The van der Waals surface area contributed by atoms with Crippen LogP contribution in [0.3, 0.4) is 0 Å². The summed E-state index contributed by atoms with van der Waals surface area (Å²) in [6.45, 7) is 4.89. The molecule has 2 aliphatic rings. The molecule has 3 N–H and O–H groups in total. The number of carboxylic acid groups (broad SMARTS) is 1. The van der Waals surface area contributed by atoms with Crippen LogP contribution in [0.2, 0.25) is 0 Å². The molecule has 0 fully saturated rings. The molecule has 1 aromatic heterocycles. The first-order valence-electron chi connectivity index (χ1n) is 16.4. The number of sulfonamides is 1. The molecular formula is C36H40F3N4O5S4+. The third kappa shape index (κ3) is 10.1. The number of benzene rings is 2. The van der Waals surface area contributed by atoms with Crippen LogP contribution in [0.15, 0.2) is 92.7 Å². The monoisotopic (exact) mass is 793 g/mol. The molecule has 3 aromatic rings. The van der Waals surface area contributed by atoms with Crippen molar-refractivity contribution >= 4 is 78.7 Å². The number of nitrogens with zero attached hydrogens (tertiary/aromatic N) is 2. The predicted octanol–water partition coefficient (Wildman–Crippen LogP) is 7.47. The molecule has 1 aliphatic heterocycles. The van der Waals surface area contributed by atoms with Gasteiger partial charge in [-0.3, -0.25) is 9.59 Å². The molecule has 1 amide bonds. The van der Waals surface area contributed by atoms with Crippen LogP contribution in [-0.4, -0.2) is 56.8 Å². The zero-order valence-electron chi connectivity index (χ0n) is 28.8. The highest BCUT2D eigenvalue weighted by Gasteiger charge is 2.45. The molecular weight excluding hydrogens is 754 g/mol. The van der Waals surface area contributed by atoms with Gasteiger partial charge in [0, 0.05) is 41.4 Å². The summed E-state index contributed by atoms with van der Waals surface area (Å²) in [5.41, 5.74) is -1.33. The van der Waals surface area contributed by atoms with E-state index in [0.29, 0.717) is 13.1 Å². The molecule has 0 unspecified atom stereocenters. The maximum atomic E-state index is 12.9. The van der Waals surface area contributed by atoms with Crippen molar-refractivity contribution < 1.29 is 40.9 Å². The van der Waals surface area contributed by atoms with Crippen LogP contribution in [0.4, 0.5) is 18.9 Å². The Morgan fingerprint density at radius 1 is 1.12 bits per heavy atom. The Balaban J connectivity index is 1.38. The Hall–Kier alpha value is -3.57. The summed E-state index contributed by atoms with van der Waals surface area (Å²) < 4.78 is 66.2. The largest absolute Gasteiger partial charge is 0.511 e. The van der Waals surface area contributed by atoms with Gasteiger partial charge in [0.1, 0.15) is 4.70 Å². The lowest BCUT2D eigenvalue weighted by Gasteiger charge is -2.31. The standard InChI is InChI=1S/C36H39F3N4O5S4/c1-35(2)22-24(7-6-10-32-42(27-8-4-5-9-29(27)50-32)18-16-41-52(47,48)36(37,38)39)19-25(23-35)20-33-43(17-15-40-31(44)13-14-34(45)46)28-21-26(49-3)11-12-30(28)51-33/h4-12,19-21,41H,13-18,22-23H2,1-3H3,(H-,40,44,45,46)/p+1. The fraction of sp³-hybridized carbons (Fsp3) is 0.361. The number of halogens is 3. The molecule has 0 radical (unpaired) electrons. The predicted molar refractivity (Wildman–Crippen MR) is 203 cm³/mol. The summed E-state index contributed by atoms with van der Waals surface area (Å²) in [6.07, 6.45) is 13.6. The number of anilines is 1. The van der Waals surface area contributed by atoms with Crippen molar-refractivity contribution in [2.24, 2.45) is 5.41 Å². The Labute approximate surface area is 313 Å². The van der Waals surface area contributed by atoms with E-state index in [1.165, 1.54) is 11.3 Å². The minimum absolute atomic E-state index is 0.0151. The Morgan fingerprint density at radius 3 is 2.62 bits per heavy atom. The fourth-order valence-electron chi connectivity index (χ4n) is 6.06. The highest BCUT2D eigenvalue weighted by molar-refractivity contribution is 8.03. The van der Waals surface area contributed by atoms with Crippen molar-refractivity contribution in [1.82, 2.24) is 10.0 Å². The molecule has 1 aliphatic carbocycles. The second kappa shape index (κ2) is 16.6. The van der Waals surface area contributed by atoms with E-state index in [1.54, 1.807) is 28.2 Å². The highest BCUT2D eigenvalue weighted by Crippen LogP contribution is 2.48. The van der Waals surface area contributed by atoms with Gasteiger partial charge in [0.05, 0.1) is 23.7 Å². The van der Waals surface area contributed by atoms with Gasteiger partial charge in [-0.15, -0.1) is 11.8 Å². The Morgan fingerprint density at radius 2 is 1.88 bits per heavy atom. The minimum atomic E-state index is -5.45. The minimum Gasteiger partial charge on any atom is -0.481 e. The van der Waals surface area contributed by atoms with E-state index in [-0.39, 0.29) is 30.7 Å². The van der Waals surface area contributed by atoms with Crippen molar-refractivity contribution in [3.05, 3.63) is 88.0 Å². The number of allylic oxidation sites excluding steroid dienone is 6. The van der Waals surface area contributed by atoms with Crippen LogP contribution in [-0.2, 0) is 26.2 Å². The van der Waals surface area contributed by atoms with Gasteiger partial charge < -0.3 is 15.3 Å². The van der Waals surface area contributed by atoms with E-state index in [1.807, 2.05) is 53.3 Å². The summed E-state index contributed by atoms with van der Waals surface area (Å²) in [4.78, 5) is 27.5. The molecule has 16 heteroatoms. The van der Waals surface area contributed by atoms with Crippen molar-refractivity contribution in [1.29, 1.82) is 0 Å². The molecule has 9 nitrogen and oxygen atoms in total. The molecule has 5 rings (SSSR count). The molecule has 0 atom stereocenters. The lowest BCUT2D eigenvalue weighted by Crippen LogP contribution is -2.44. The summed E-state index contributed by atoms with van der Waals surface area (Å²) in [7, 11) is -5.45. The van der Waals surface area contributed by atoms with Crippen LogP contribution in [0.25, 0.3) is 16.3 Å². The number of aromatic nitrogens is 1. The van der Waals surface area contributed by atoms with Crippen LogP contribution in [0.1, 0.15) is 44.5 Å². The van der Waals surface area contributed by atoms with Gasteiger partial charge in [0.2, 0.25) is 11.4 Å². The van der Waals surface area contributed by atoms with E-state index in [2.05, 4.69) is 54.4 Å². The average molecular weight is 794 g/mol. The van der Waals surface area contributed by atoms with Crippen LogP contribution in [0, 0.1) is 5.41 Å². The second-order valence-electron chi connectivity index (χ2n) is 13.1. The number of aliphatic carboxylic acids is 1. The molecule has 0 saturated carbocycles. The molecule has 2 aromatic carbocycles. The van der Waals surface area contributed by atoms with E-state index in [9.17, 15) is 31.2 Å².